The molecule has 4 rings (SSSR count). The van der Waals surface area contributed by atoms with E-state index in [1.54, 1.807) is 19.1 Å². The molecule has 3 heterocycles. The first-order chi connectivity index (χ1) is 12.9. The molecule has 0 aliphatic rings. The summed E-state index contributed by atoms with van der Waals surface area (Å²) in [6, 6.07) is 7.28. The molecule has 136 valence electrons. The predicted molar refractivity (Wildman–Crippen MR) is 93.8 cm³/mol. The predicted octanol–water partition coefficient (Wildman–Crippen LogP) is 2.88. The minimum Gasteiger partial charge on any atom is -0.442 e. The second-order valence-corrected chi connectivity index (χ2v) is 5.91. The van der Waals surface area contributed by atoms with Gasteiger partial charge in [-0.05, 0) is 19.1 Å². The summed E-state index contributed by atoms with van der Waals surface area (Å²) in [6.45, 7) is 1.56. The second kappa shape index (κ2) is 6.20. The van der Waals surface area contributed by atoms with Crippen molar-refractivity contribution in [2.24, 2.45) is 7.05 Å². The van der Waals surface area contributed by atoms with Crippen molar-refractivity contribution >= 4 is 22.9 Å². The van der Waals surface area contributed by atoms with Crippen molar-refractivity contribution < 1.29 is 18.1 Å². The maximum absolute atomic E-state index is 13.3. The van der Waals surface area contributed by atoms with Crippen LogP contribution in [-0.4, -0.2) is 20.6 Å². The summed E-state index contributed by atoms with van der Waals surface area (Å²) in [6.07, 6.45) is 1.32. The number of aryl methyl sites for hydroxylation is 2. The molecule has 0 bridgehead atoms. The molecule has 0 aliphatic carbocycles. The Morgan fingerprint density at radius 2 is 2.11 bits per heavy atom. The number of benzene rings is 1. The third-order valence-corrected chi connectivity index (χ3v) is 4.04. The Morgan fingerprint density at radius 3 is 2.89 bits per heavy atom. The van der Waals surface area contributed by atoms with E-state index in [2.05, 4.69) is 15.5 Å². The van der Waals surface area contributed by atoms with Crippen molar-refractivity contribution in [1.29, 1.82) is 0 Å². The zero-order valence-corrected chi connectivity index (χ0v) is 14.3. The fourth-order valence-electron chi connectivity index (χ4n) is 2.75. The summed E-state index contributed by atoms with van der Waals surface area (Å²) >= 11 is 0. The summed E-state index contributed by atoms with van der Waals surface area (Å²) in [5.41, 5.74) is 0.611. The first kappa shape index (κ1) is 16.7. The maximum atomic E-state index is 13.3. The number of fused-ring (bicyclic) bond motifs is 1. The topological polar surface area (TPSA) is 103 Å². The number of furan rings is 1. The Hall–Kier alpha value is -3.75. The highest BCUT2D eigenvalue weighted by molar-refractivity contribution is 6.12. The fraction of sp³-hybridized carbons (Fsp3) is 0.111. The molecule has 0 fully saturated rings. The molecule has 4 aromatic rings. The van der Waals surface area contributed by atoms with Gasteiger partial charge in [0.15, 0.2) is 0 Å². The lowest BCUT2D eigenvalue weighted by molar-refractivity contribution is 0.102. The van der Waals surface area contributed by atoms with Gasteiger partial charge in [0.05, 0.1) is 5.56 Å². The maximum Gasteiger partial charge on any atom is 0.265 e. The lowest BCUT2D eigenvalue weighted by Crippen LogP contribution is -2.20. The number of rotatable bonds is 3. The van der Waals surface area contributed by atoms with Gasteiger partial charge in [-0.3, -0.25) is 14.9 Å². The van der Waals surface area contributed by atoms with E-state index < -0.39 is 17.3 Å². The average Bonchev–Trinajstić information content (AvgIpc) is 3.22. The van der Waals surface area contributed by atoms with Crippen LogP contribution in [0.4, 0.5) is 10.3 Å². The Kier molecular flexibility index (Phi) is 3.84. The van der Waals surface area contributed by atoms with Gasteiger partial charge in [-0.15, -0.1) is 0 Å². The average molecular weight is 368 g/mol. The molecule has 27 heavy (non-hydrogen) atoms. The van der Waals surface area contributed by atoms with E-state index in [4.69, 9.17) is 8.94 Å². The summed E-state index contributed by atoms with van der Waals surface area (Å²) in [5.74, 6) is -0.708. The highest BCUT2D eigenvalue weighted by atomic mass is 19.1. The van der Waals surface area contributed by atoms with Gasteiger partial charge in [0.25, 0.3) is 11.5 Å². The Balaban J connectivity index is 1.68. The molecule has 0 unspecified atom stereocenters. The summed E-state index contributed by atoms with van der Waals surface area (Å²) < 4.78 is 25.1. The molecule has 1 N–H and O–H groups in total. The van der Waals surface area contributed by atoms with Gasteiger partial charge in [0.2, 0.25) is 11.6 Å². The van der Waals surface area contributed by atoms with Crippen molar-refractivity contribution in [3.8, 4) is 11.3 Å². The minimum atomic E-state index is -0.599. The zero-order chi connectivity index (χ0) is 19.1. The van der Waals surface area contributed by atoms with Crippen LogP contribution < -0.4 is 10.9 Å². The fourth-order valence-corrected chi connectivity index (χ4v) is 2.75. The highest BCUT2D eigenvalue weighted by Crippen LogP contribution is 2.25. The van der Waals surface area contributed by atoms with Crippen LogP contribution in [0.25, 0.3) is 22.4 Å². The van der Waals surface area contributed by atoms with Crippen LogP contribution in [0.15, 0.2) is 50.4 Å². The van der Waals surface area contributed by atoms with Gasteiger partial charge in [0, 0.05) is 18.7 Å². The molecule has 0 atom stereocenters. The summed E-state index contributed by atoms with van der Waals surface area (Å²) in [5, 5.41) is 6.43. The largest absolute Gasteiger partial charge is 0.442 e. The Bertz CT molecular complexity index is 1240. The van der Waals surface area contributed by atoms with Crippen LogP contribution in [0.5, 0.6) is 0 Å². The monoisotopic (exact) mass is 368 g/mol. The van der Waals surface area contributed by atoms with Crippen molar-refractivity contribution in [2.75, 3.05) is 5.32 Å². The number of amides is 1. The van der Waals surface area contributed by atoms with E-state index in [0.29, 0.717) is 11.3 Å². The molecular formula is C18H13FN4O4. The number of nitrogens with zero attached hydrogens (tertiary/aromatic N) is 3. The normalized spacial score (nSPS) is 11.1. The number of carbonyl (C=O) groups is 1. The zero-order valence-electron chi connectivity index (χ0n) is 14.3. The van der Waals surface area contributed by atoms with Crippen LogP contribution in [0.1, 0.15) is 16.1 Å². The quantitative estimate of drug-likeness (QED) is 0.596. The lowest BCUT2D eigenvalue weighted by atomic mass is 10.1. The molecular weight excluding hydrogens is 355 g/mol. The third kappa shape index (κ3) is 2.88. The molecule has 3 aromatic heterocycles. The SMILES string of the molecule is Cc1oc2ncn(C)c(=O)c2c1C(=O)Nc1cc(-c2cccc(F)c2)no1. The molecule has 0 saturated carbocycles. The van der Waals surface area contributed by atoms with Gasteiger partial charge in [0.1, 0.15) is 29.0 Å². The first-order valence-corrected chi connectivity index (χ1v) is 7.93. The van der Waals surface area contributed by atoms with Crippen LogP contribution in [0.2, 0.25) is 0 Å². The molecule has 0 radical (unpaired) electrons. The molecule has 1 aromatic carbocycles. The molecule has 0 saturated heterocycles. The molecule has 0 spiro atoms. The van der Waals surface area contributed by atoms with E-state index in [0.717, 1.165) is 0 Å². The van der Waals surface area contributed by atoms with E-state index >= 15 is 0 Å². The standard InChI is InChI=1S/C18H13FN4O4/c1-9-14(15-17(26-9)20-8-23(2)18(15)25)16(24)21-13-7-12(22-27-13)10-4-3-5-11(19)6-10/h3-8H,1-2H3,(H,21,24). The molecule has 8 nitrogen and oxygen atoms in total. The van der Waals surface area contributed by atoms with E-state index in [9.17, 15) is 14.0 Å². The van der Waals surface area contributed by atoms with Crippen molar-refractivity contribution in [3.05, 3.63) is 64.2 Å². The number of anilines is 1. The van der Waals surface area contributed by atoms with Crippen molar-refractivity contribution in [1.82, 2.24) is 14.7 Å². The first-order valence-electron chi connectivity index (χ1n) is 7.93. The van der Waals surface area contributed by atoms with Crippen molar-refractivity contribution in [2.45, 2.75) is 6.92 Å². The third-order valence-electron chi connectivity index (χ3n) is 4.04. The van der Waals surface area contributed by atoms with Gasteiger partial charge in [-0.1, -0.05) is 17.3 Å². The second-order valence-electron chi connectivity index (χ2n) is 5.91. The van der Waals surface area contributed by atoms with E-state index in [-0.39, 0.29) is 28.3 Å². The minimum absolute atomic E-state index is 0.0497. The number of aromatic nitrogens is 3. The van der Waals surface area contributed by atoms with Crippen LogP contribution in [0, 0.1) is 12.7 Å². The molecule has 1 amide bonds. The Labute approximate surface area is 151 Å². The van der Waals surface area contributed by atoms with Crippen LogP contribution in [-0.2, 0) is 7.05 Å². The number of carbonyl (C=O) groups excluding carboxylic acids is 1. The van der Waals surface area contributed by atoms with Crippen LogP contribution >= 0.6 is 0 Å². The number of hydrogen-bond acceptors (Lipinski definition) is 6. The highest BCUT2D eigenvalue weighted by Gasteiger charge is 2.23. The number of hydrogen-bond donors (Lipinski definition) is 1. The van der Waals surface area contributed by atoms with Crippen LogP contribution in [0.3, 0.4) is 0 Å². The molecule has 9 heteroatoms. The van der Waals surface area contributed by atoms with Gasteiger partial charge in [-0.25, -0.2) is 9.37 Å². The van der Waals surface area contributed by atoms with Gasteiger partial charge < -0.3 is 13.5 Å². The van der Waals surface area contributed by atoms with E-state index in [1.807, 2.05) is 0 Å². The number of nitrogens with one attached hydrogen (secondary N) is 1. The lowest BCUT2D eigenvalue weighted by Gasteiger charge is -2.00. The smallest absolute Gasteiger partial charge is 0.265 e. The summed E-state index contributed by atoms with van der Waals surface area (Å²) in [7, 11) is 1.53. The van der Waals surface area contributed by atoms with E-state index in [1.165, 1.54) is 36.1 Å². The molecule has 0 aliphatic heterocycles. The summed E-state index contributed by atoms with van der Waals surface area (Å²) in [4.78, 5) is 29.0. The van der Waals surface area contributed by atoms with Gasteiger partial charge >= 0.3 is 0 Å². The Morgan fingerprint density at radius 1 is 1.30 bits per heavy atom. The number of halogens is 1. The van der Waals surface area contributed by atoms with Crippen molar-refractivity contribution in [3.63, 3.8) is 0 Å². The van der Waals surface area contributed by atoms with Gasteiger partial charge in [-0.2, -0.15) is 0 Å².